The number of nitrogens with zero attached hydrogens (tertiary/aromatic N) is 2. The van der Waals surface area contributed by atoms with Crippen molar-refractivity contribution >= 4 is 17.2 Å². The van der Waals surface area contributed by atoms with Gasteiger partial charge in [0.05, 0.1) is 6.61 Å². The number of benzene rings is 1. The molecule has 0 spiro atoms. The quantitative estimate of drug-likeness (QED) is 0.848. The fourth-order valence-electron chi connectivity index (χ4n) is 1.71. The number of hydrogen-bond donors (Lipinski definition) is 1. The van der Waals surface area contributed by atoms with E-state index < -0.39 is 5.82 Å². The third kappa shape index (κ3) is 3.29. The first-order chi connectivity index (χ1) is 9.08. The Labute approximate surface area is 116 Å². The molecule has 6 heteroatoms. The van der Waals surface area contributed by atoms with Gasteiger partial charge in [0.15, 0.2) is 0 Å². The Hall–Kier alpha value is -1.95. The molecule has 0 aliphatic carbocycles. The highest BCUT2D eigenvalue weighted by Crippen LogP contribution is 2.17. The van der Waals surface area contributed by atoms with E-state index in [9.17, 15) is 4.39 Å². The molecule has 2 rings (SSSR count). The fraction of sp³-hybridized carbons (Fsp3) is 0.231. The van der Waals surface area contributed by atoms with Crippen molar-refractivity contribution < 1.29 is 9.13 Å². The lowest BCUT2D eigenvalue weighted by Gasteiger charge is -2.08. The van der Waals surface area contributed by atoms with E-state index >= 15 is 0 Å². The SMILES string of the molecule is Cn1nccc1CCOc1ccc(C(N)=S)c(F)c1. The lowest BCUT2D eigenvalue weighted by Crippen LogP contribution is -2.12. The minimum atomic E-state index is -0.467. The van der Waals surface area contributed by atoms with Crippen molar-refractivity contribution in [2.75, 3.05) is 6.61 Å². The van der Waals surface area contributed by atoms with Crippen molar-refractivity contribution in [1.82, 2.24) is 9.78 Å². The second kappa shape index (κ2) is 5.79. The lowest BCUT2D eigenvalue weighted by atomic mass is 10.2. The van der Waals surface area contributed by atoms with Gasteiger partial charge in [-0.2, -0.15) is 5.10 Å². The number of rotatable bonds is 5. The van der Waals surface area contributed by atoms with Crippen molar-refractivity contribution in [2.45, 2.75) is 6.42 Å². The Kier molecular flexibility index (Phi) is 4.11. The Balaban J connectivity index is 1.95. The van der Waals surface area contributed by atoms with Crippen LogP contribution in [-0.4, -0.2) is 21.4 Å². The summed E-state index contributed by atoms with van der Waals surface area (Å²) in [4.78, 5) is 0.0407. The molecule has 2 aromatic rings. The average molecular weight is 279 g/mol. The molecule has 2 N–H and O–H groups in total. The first-order valence-corrected chi connectivity index (χ1v) is 6.18. The molecule has 0 bridgehead atoms. The molecule has 0 radical (unpaired) electrons. The molecule has 0 amide bonds. The summed E-state index contributed by atoms with van der Waals surface area (Å²) in [7, 11) is 1.87. The maximum absolute atomic E-state index is 13.6. The Morgan fingerprint density at radius 2 is 2.26 bits per heavy atom. The zero-order valence-corrected chi connectivity index (χ0v) is 11.3. The predicted octanol–water partition coefficient (Wildman–Crippen LogP) is 1.81. The normalized spacial score (nSPS) is 10.4. The van der Waals surface area contributed by atoms with Crippen LogP contribution in [-0.2, 0) is 13.5 Å². The monoisotopic (exact) mass is 279 g/mol. The molecular weight excluding hydrogens is 265 g/mol. The van der Waals surface area contributed by atoms with Gasteiger partial charge >= 0.3 is 0 Å². The van der Waals surface area contributed by atoms with E-state index in [1.54, 1.807) is 16.9 Å². The van der Waals surface area contributed by atoms with Crippen LogP contribution in [0.4, 0.5) is 4.39 Å². The third-order valence-electron chi connectivity index (χ3n) is 2.76. The second-order valence-electron chi connectivity index (χ2n) is 4.05. The molecule has 0 fully saturated rings. The molecule has 0 saturated carbocycles. The summed E-state index contributed by atoms with van der Waals surface area (Å²) in [5.74, 6) is -0.00907. The number of thiocarbonyl (C=S) groups is 1. The van der Waals surface area contributed by atoms with Crippen LogP contribution in [0.3, 0.4) is 0 Å². The number of hydrogen-bond acceptors (Lipinski definition) is 3. The molecule has 0 saturated heterocycles. The van der Waals surface area contributed by atoms with Gasteiger partial charge in [0.2, 0.25) is 0 Å². The fourth-order valence-corrected chi connectivity index (χ4v) is 1.87. The van der Waals surface area contributed by atoms with Gasteiger partial charge < -0.3 is 10.5 Å². The molecule has 0 unspecified atom stereocenters. The van der Waals surface area contributed by atoms with Gasteiger partial charge in [-0.15, -0.1) is 0 Å². The highest BCUT2D eigenvalue weighted by atomic mass is 32.1. The maximum atomic E-state index is 13.6. The van der Waals surface area contributed by atoms with Crippen molar-refractivity contribution in [3.63, 3.8) is 0 Å². The first kappa shape index (κ1) is 13.5. The van der Waals surface area contributed by atoms with Crippen LogP contribution in [0, 0.1) is 5.82 Å². The number of aryl methyl sites for hydroxylation is 1. The number of nitrogens with two attached hydrogens (primary N) is 1. The van der Waals surface area contributed by atoms with Gasteiger partial charge in [-0.05, 0) is 18.2 Å². The predicted molar refractivity (Wildman–Crippen MR) is 74.7 cm³/mol. The number of aromatic nitrogens is 2. The van der Waals surface area contributed by atoms with Crippen molar-refractivity contribution in [1.29, 1.82) is 0 Å². The molecule has 1 heterocycles. The molecule has 100 valence electrons. The van der Waals surface area contributed by atoms with E-state index in [0.717, 1.165) is 5.69 Å². The number of halogens is 1. The van der Waals surface area contributed by atoms with Crippen LogP contribution >= 0.6 is 12.2 Å². The summed E-state index contributed by atoms with van der Waals surface area (Å²) in [6.45, 7) is 0.450. The first-order valence-electron chi connectivity index (χ1n) is 5.77. The molecule has 1 aromatic carbocycles. The summed E-state index contributed by atoms with van der Waals surface area (Å²) < 4.78 is 20.9. The highest BCUT2D eigenvalue weighted by molar-refractivity contribution is 7.80. The molecule has 0 aliphatic rings. The van der Waals surface area contributed by atoms with Gasteiger partial charge in [0, 0.05) is 37.0 Å². The van der Waals surface area contributed by atoms with E-state index in [0.29, 0.717) is 18.8 Å². The Morgan fingerprint density at radius 1 is 1.47 bits per heavy atom. The van der Waals surface area contributed by atoms with Crippen LogP contribution in [0.15, 0.2) is 30.5 Å². The minimum Gasteiger partial charge on any atom is -0.493 e. The van der Waals surface area contributed by atoms with Crippen LogP contribution in [0.25, 0.3) is 0 Å². The van der Waals surface area contributed by atoms with Gasteiger partial charge in [-0.3, -0.25) is 4.68 Å². The summed E-state index contributed by atoms with van der Waals surface area (Å²) >= 11 is 4.74. The van der Waals surface area contributed by atoms with Crippen molar-refractivity contribution in [3.05, 3.63) is 47.5 Å². The van der Waals surface area contributed by atoms with Crippen LogP contribution < -0.4 is 10.5 Å². The maximum Gasteiger partial charge on any atom is 0.137 e. The highest BCUT2D eigenvalue weighted by Gasteiger charge is 2.07. The smallest absolute Gasteiger partial charge is 0.137 e. The van der Waals surface area contributed by atoms with E-state index in [2.05, 4.69) is 5.10 Å². The molecular formula is C13H14FN3OS. The van der Waals surface area contributed by atoms with Crippen LogP contribution in [0.5, 0.6) is 5.75 Å². The lowest BCUT2D eigenvalue weighted by molar-refractivity contribution is 0.316. The van der Waals surface area contributed by atoms with Crippen LogP contribution in [0.1, 0.15) is 11.3 Å². The van der Waals surface area contributed by atoms with Crippen LogP contribution in [0.2, 0.25) is 0 Å². The van der Waals surface area contributed by atoms with E-state index in [4.69, 9.17) is 22.7 Å². The molecule has 0 atom stereocenters. The van der Waals surface area contributed by atoms with Crippen molar-refractivity contribution in [2.24, 2.45) is 12.8 Å². The molecule has 0 aliphatic heterocycles. The van der Waals surface area contributed by atoms with Gasteiger partial charge in [-0.25, -0.2) is 4.39 Å². The van der Waals surface area contributed by atoms with E-state index in [-0.39, 0.29) is 10.6 Å². The summed E-state index contributed by atoms with van der Waals surface area (Å²) in [5, 5.41) is 4.06. The Morgan fingerprint density at radius 3 is 2.84 bits per heavy atom. The largest absolute Gasteiger partial charge is 0.493 e. The molecule has 4 nitrogen and oxygen atoms in total. The topological polar surface area (TPSA) is 53.1 Å². The number of ether oxygens (including phenoxy) is 1. The molecule has 1 aromatic heterocycles. The molecule has 19 heavy (non-hydrogen) atoms. The zero-order valence-electron chi connectivity index (χ0n) is 10.5. The van der Waals surface area contributed by atoms with E-state index in [1.165, 1.54) is 12.1 Å². The van der Waals surface area contributed by atoms with Crippen molar-refractivity contribution in [3.8, 4) is 5.75 Å². The van der Waals surface area contributed by atoms with Gasteiger partial charge in [-0.1, -0.05) is 12.2 Å². The van der Waals surface area contributed by atoms with E-state index in [1.807, 2.05) is 13.1 Å². The van der Waals surface area contributed by atoms with Gasteiger partial charge in [0.1, 0.15) is 16.6 Å². The summed E-state index contributed by atoms with van der Waals surface area (Å²) in [5.41, 5.74) is 6.67. The average Bonchev–Trinajstić information content (AvgIpc) is 2.75. The Bertz CT molecular complexity index is 597. The summed E-state index contributed by atoms with van der Waals surface area (Å²) in [6, 6.07) is 6.38. The minimum absolute atomic E-state index is 0.0407. The van der Waals surface area contributed by atoms with Gasteiger partial charge in [0.25, 0.3) is 0 Å². The third-order valence-corrected chi connectivity index (χ3v) is 2.98. The standard InChI is InChI=1S/C13H14FN3OS/c1-17-9(4-6-16-17)5-7-18-10-2-3-11(13(15)19)12(14)8-10/h2-4,6,8H,5,7H2,1H3,(H2,15,19). The second-order valence-corrected chi connectivity index (χ2v) is 4.49. The summed E-state index contributed by atoms with van der Waals surface area (Å²) in [6.07, 6.45) is 2.43. The zero-order chi connectivity index (χ0) is 13.8.